The molecule has 0 aliphatic rings. The van der Waals surface area contributed by atoms with Crippen LogP contribution in [0.1, 0.15) is 4.88 Å². The number of anilines is 2. The topological polar surface area (TPSA) is 75.9 Å². The Morgan fingerprint density at radius 1 is 1.33 bits per heavy atom. The number of nitrogens with two attached hydrogens (primary N) is 1. The summed E-state index contributed by atoms with van der Waals surface area (Å²) in [6, 6.07) is 4.16. The summed E-state index contributed by atoms with van der Waals surface area (Å²) in [6.45, 7) is 0.798. The minimum absolute atomic E-state index is 0.388. The number of hydrazine groups is 1. The number of hydrogen-bond acceptors (Lipinski definition) is 6. The lowest BCUT2D eigenvalue weighted by Gasteiger charge is -2.07. The van der Waals surface area contributed by atoms with Crippen molar-refractivity contribution in [2.75, 3.05) is 17.3 Å². The maximum absolute atomic E-state index is 5.27. The zero-order valence-corrected chi connectivity index (χ0v) is 13.3. The van der Waals surface area contributed by atoms with Crippen LogP contribution in [-0.4, -0.2) is 16.5 Å². The van der Waals surface area contributed by atoms with Crippen LogP contribution >= 0.6 is 43.2 Å². The molecule has 2 aromatic rings. The van der Waals surface area contributed by atoms with E-state index in [1.807, 2.05) is 0 Å². The lowest BCUT2D eigenvalue weighted by molar-refractivity contribution is 1.01. The van der Waals surface area contributed by atoms with E-state index in [0.29, 0.717) is 5.95 Å². The molecule has 5 nitrogen and oxygen atoms in total. The van der Waals surface area contributed by atoms with E-state index in [-0.39, 0.29) is 0 Å². The third-order valence-electron chi connectivity index (χ3n) is 2.17. The third kappa shape index (κ3) is 3.64. The Kier molecular flexibility index (Phi) is 4.93. The molecule has 0 aliphatic carbocycles. The summed E-state index contributed by atoms with van der Waals surface area (Å²) in [5.41, 5.74) is 2.42. The van der Waals surface area contributed by atoms with Crippen molar-refractivity contribution in [2.45, 2.75) is 6.42 Å². The van der Waals surface area contributed by atoms with Crippen LogP contribution in [0.15, 0.2) is 26.6 Å². The van der Waals surface area contributed by atoms with Crippen LogP contribution in [0.3, 0.4) is 0 Å². The molecule has 2 heterocycles. The minimum atomic E-state index is 0.388. The number of rotatable bonds is 5. The van der Waals surface area contributed by atoms with E-state index in [1.54, 1.807) is 17.5 Å². The highest BCUT2D eigenvalue weighted by Gasteiger charge is 2.04. The molecule has 0 aliphatic heterocycles. The molecule has 0 atom stereocenters. The summed E-state index contributed by atoms with van der Waals surface area (Å²) in [5.74, 6) is 6.39. The van der Waals surface area contributed by atoms with Gasteiger partial charge in [-0.2, -0.15) is 4.98 Å². The average Bonchev–Trinajstić information content (AvgIpc) is 2.77. The molecule has 0 fully saturated rings. The first-order valence-corrected chi connectivity index (χ1v) is 7.56. The van der Waals surface area contributed by atoms with Crippen LogP contribution < -0.4 is 16.6 Å². The van der Waals surface area contributed by atoms with Gasteiger partial charge in [0.05, 0.1) is 8.26 Å². The van der Waals surface area contributed by atoms with Crippen LogP contribution in [0.2, 0.25) is 0 Å². The van der Waals surface area contributed by atoms with E-state index in [1.165, 1.54) is 4.88 Å². The molecule has 4 N–H and O–H groups in total. The van der Waals surface area contributed by atoms with Gasteiger partial charge in [0.1, 0.15) is 5.82 Å². The fourth-order valence-corrected chi connectivity index (χ4v) is 3.16. The molecule has 96 valence electrons. The fourth-order valence-electron chi connectivity index (χ4n) is 1.35. The Morgan fingerprint density at radius 2 is 2.17 bits per heavy atom. The average molecular weight is 393 g/mol. The van der Waals surface area contributed by atoms with E-state index >= 15 is 0 Å². The van der Waals surface area contributed by atoms with E-state index < -0.39 is 0 Å². The van der Waals surface area contributed by atoms with Crippen LogP contribution in [0.25, 0.3) is 0 Å². The standard InChI is InChI=1S/C10H11Br2N5S/c11-7-5-15-10(17-13)16-9(7)14-4-3-6-1-2-8(12)18-6/h1-2,5H,3-4,13H2,(H2,14,15,16,17). The molecule has 0 aromatic carbocycles. The predicted molar refractivity (Wildman–Crippen MR) is 81.8 cm³/mol. The predicted octanol–water partition coefficient (Wildman–Crippen LogP) is 3.00. The van der Waals surface area contributed by atoms with Crippen molar-refractivity contribution in [1.82, 2.24) is 9.97 Å². The minimum Gasteiger partial charge on any atom is -0.369 e. The second kappa shape index (κ2) is 6.46. The molecule has 0 saturated carbocycles. The molecular formula is C10H11Br2N5S. The highest BCUT2D eigenvalue weighted by Crippen LogP contribution is 2.23. The van der Waals surface area contributed by atoms with Crippen molar-refractivity contribution < 1.29 is 0 Å². The van der Waals surface area contributed by atoms with Crippen LogP contribution in [0.4, 0.5) is 11.8 Å². The molecule has 0 radical (unpaired) electrons. The number of nitrogens with one attached hydrogen (secondary N) is 2. The second-order valence-corrected chi connectivity index (χ2v) is 6.82. The van der Waals surface area contributed by atoms with Gasteiger partial charge in [0.15, 0.2) is 0 Å². The lowest BCUT2D eigenvalue weighted by Crippen LogP contribution is -2.13. The van der Waals surface area contributed by atoms with Crippen LogP contribution in [0.5, 0.6) is 0 Å². The van der Waals surface area contributed by atoms with Gasteiger partial charge < -0.3 is 5.32 Å². The van der Waals surface area contributed by atoms with Crippen molar-refractivity contribution in [3.8, 4) is 0 Å². The maximum Gasteiger partial charge on any atom is 0.239 e. The Bertz CT molecular complexity index is 531. The maximum atomic E-state index is 5.27. The van der Waals surface area contributed by atoms with Gasteiger partial charge in [0.2, 0.25) is 5.95 Å². The van der Waals surface area contributed by atoms with Crippen molar-refractivity contribution >= 4 is 55.0 Å². The first kappa shape index (κ1) is 13.7. The van der Waals surface area contributed by atoms with Crippen molar-refractivity contribution in [3.05, 3.63) is 31.5 Å². The highest BCUT2D eigenvalue weighted by atomic mass is 79.9. The van der Waals surface area contributed by atoms with Gasteiger partial charge in [-0.05, 0) is 50.4 Å². The summed E-state index contributed by atoms with van der Waals surface area (Å²) < 4.78 is 1.96. The summed E-state index contributed by atoms with van der Waals surface area (Å²) in [5, 5.41) is 3.24. The van der Waals surface area contributed by atoms with Gasteiger partial charge in [0, 0.05) is 17.6 Å². The quantitative estimate of drug-likeness (QED) is 0.538. The van der Waals surface area contributed by atoms with E-state index in [0.717, 1.165) is 27.0 Å². The Balaban J connectivity index is 1.93. The van der Waals surface area contributed by atoms with Crippen molar-refractivity contribution in [1.29, 1.82) is 0 Å². The molecule has 18 heavy (non-hydrogen) atoms. The number of halogens is 2. The second-order valence-electron chi connectivity index (χ2n) is 3.42. The zero-order chi connectivity index (χ0) is 13.0. The Morgan fingerprint density at radius 3 is 2.83 bits per heavy atom. The summed E-state index contributed by atoms with van der Waals surface area (Å²) in [4.78, 5) is 9.52. The largest absolute Gasteiger partial charge is 0.369 e. The lowest BCUT2D eigenvalue weighted by atomic mass is 10.3. The SMILES string of the molecule is NNc1ncc(Br)c(NCCc2ccc(Br)s2)n1. The van der Waals surface area contributed by atoms with Gasteiger partial charge in [0.25, 0.3) is 0 Å². The van der Waals surface area contributed by atoms with E-state index in [2.05, 4.69) is 64.7 Å². The van der Waals surface area contributed by atoms with Crippen molar-refractivity contribution in [2.24, 2.45) is 5.84 Å². The third-order valence-corrected chi connectivity index (χ3v) is 4.43. The van der Waals surface area contributed by atoms with E-state index in [4.69, 9.17) is 5.84 Å². The zero-order valence-electron chi connectivity index (χ0n) is 9.28. The number of nitrogen functional groups attached to an aromatic ring is 1. The molecule has 0 saturated heterocycles. The Labute approximate surface area is 125 Å². The first-order valence-electron chi connectivity index (χ1n) is 5.16. The monoisotopic (exact) mass is 391 g/mol. The molecule has 0 bridgehead atoms. The molecule has 0 spiro atoms. The first-order chi connectivity index (χ1) is 8.69. The number of aromatic nitrogens is 2. The summed E-state index contributed by atoms with van der Waals surface area (Å²) in [7, 11) is 0. The normalized spacial score (nSPS) is 10.4. The van der Waals surface area contributed by atoms with Gasteiger partial charge in [-0.1, -0.05) is 0 Å². The summed E-state index contributed by atoms with van der Waals surface area (Å²) >= 11 is 8.57. The van der Waals surface area contributed by atoms with Gasteiger partial charge >= 0.3 is 0 Å². The Hall–Kier alpha value is -0.700. The van der Waals surface area contributed by atoms with Crippen molar-refractivity contribution in [3.63, 3.8) is 0 Å². The fraction of sp³-hybridized carbons (Fsp3) is 0.200. The van der Waals surface area contributed by atoms with Gasteiger partial charge in [-0.15, -0.1) is 11.3 Å². The molecule has 2 rings (SSSR count). The molecule has 0 amide bonds. The highest BCUT2D eigenvalue weighted by molar-refractivity contribution is 9.11. The smallest absolute Gasteiger partial charge is 0.239 e. The molecule has 8 heteroatoms. The van der Waals surface area contributed by atoms with Crippen LogP contribution in [0, 0.1) is 0 Å². The number of hydrogen-bond donors (Lipinski definition) is 3. The van der Waals surface area contributed by atoms with Gasteiger partial charge in [-0.3, -0.25) is 5.43 Å². The molecule has 0 unspecified atom stereocenters. The summed E-state index contributed by atoms with van der Waals surface area (Å²) in [6.07, 6.45) is 2.60. The van der Waals surface area contributed by atoms with E-state index in [9.17, 15) is 0 Å². The number of thiophene rings is 1. The molecule has 2 aromatic heterocycles. The number of nitrogens with zero attached hydrogens (tertiary/aromatic N) is 2. The van der Waals surface area contributed by atoms with Crippen LogP contribution in [-0.2, 0) is 6.42 Å². The molecular weight excluding hydrogens is 382 g/mol. The van der Waals surface area contributed by atoms with Gasteiger partial charge in [-0.25, -0.2) is 10.8 Å².